The molecule has 1 aliphatic rings. The number of aryl methyl sites for hydroxylation is 1. The van der Waals surface area contributed by atoms with Gasteiger partial charge in [0.15, 0.2) is 0 Å². The summed E-state index contributed by atoms with van der Waals surface area (Å²) in [7, 11) is 0. The zero-order chi connectivity index (χ0) is 16.9. The maximum Gasteiger partial charge on any atom is 0.274 e. The molecule has 0 bridgehead atoms. The predicted molar refractivity (Wildman–Crippen MR) is 96.3 cm³/mol. The molecule has 1 aromatic heterocycles. The number of carbonyl (C=O) groups excluding carboxylic acids is 1. The van der Waals surface area contributed by atoms with Gasteiger partial charge in [0, 0.05) is 23.8 Å². The van der Waals surface area contributed by atoms with Gasteiger partial charge in [-0.2, -0.15) is 0 Å². The molecule has 24 heavy (non-hydrogen) atoms. The van der Waals surface area contributed by atoms with Gasteiger partial charge in [-0.05, 0) is 59.5 Å². The summed E-state index contributed by atoms with van der Waals surface area (Å²) in [4.78, 5) is 20.8. The summed E-state index contributed by atoms with van der Waals surface area (Å²) in [5, 5.41) is 5.98. The van der Waals surface area contributed by atoms with Gasteiger partial charge < -0.3 is 15.4 Å². The summed E-state index contributed by atoms with van der Waals surface area (Å²) in [6, 6.07) is 7.34. The van der Waals surface area contributed by atoms with Crippen LogP contribution >= 0.6 is 15.9 Å². The Morgan fingerprint density at radius 3 is 3.04 bits per heavy atom. The van der Waals surface area contributed by atoms with Crippen molar-refractivity contribution in [3.05, 3.63) is 46.2 Å². The Bertz CT molecular complexity index is 732. The Morgan fingerprint density at radius 2 is 2.29 bits per heavy atom. The van der Waals surface area contributed by atoms with E-state index in [4.69, 9.17) is 4.74 Å². The van der Waals surface area contributed by atoms with E-state index in [2.05, 4.69) is 36.5 Å². The molecule has 2 heterocycles. The number of amides is 1. The molecule has 7 heteroatoms. The molecular weight excluding hydrogens is 372 g/mol. The van der Waals surface area contributed by atoms with Gasteiger partial charge in [0.25, 0.3) is 5.91 Å². The van der Waals surface area contributed by atoms with E-state index in [0.29, 0.717) is 23.9 Å². The van der Waals surface area contributed by atoms with Gasteiger partial charge in [0.05, 0.1) is 11.8 Å². The van der Waals surface area contributed by atoms with Gasteiger partial charge in [-0.1, -0.05) is 6.07 Å². The zero-order valence-corrected chi connectivity index (χ0v) is 15.0. The van der Waals surface area contributed by atoms with Crippen LogP contribution < -0.4 is 10.6 Å². The van der Waals surface area contributed by atoms with Crippen molar-refractivity contribution in [3.8, 4) is 0 Å². The van der Waals surface area contributed by atoms with Crippen LogP contribution in [0.4, 0.5) is 11.6 Å². The van der Waals surface area contributed by atoms with Crippen molar-refractivity contribution in [2.75, 3.05) is 23.8 Å². The quantitative estimate of drug-likeness (QED) is 0.817. The normalized spacial score (nSPS) is 16.8. The molecular formula is C17H19BrN4O2. The van der Waals surface area contributed by atoms with Crippen LogP contribution in [0, 0.1) is 6.92 Å². The first kappa shape index (κ1) is 16.9. The van der Waals surface area contributed by atoms with E-state index in [1.807, 2.05) is 25.1 Å². The average Bonchev–Trinajstić information content (AvgIpc) is 3.09. The third kappa shape index (κ3) is 4.30. The second kappa shape index (κ2) is 7.72. The maximum absolute atomic E-state index is 12.4. The molecule has 0 spiro atoms. The molecule has 1 amide bonds. The van der Waals surface area contributed by atoms with Crippen molar-refractivity contribution in [2.24, 2.45) is 0 Å². The lowest BCUT2D eigenvalue weighted by Gasteiger charge is -2.11. The first-order valence-electron chi connectivity index (χ1n) is 7.88. The van der Waals surface area contributed by atoms with Gasteiger partial charge in [-0.15, -0.1) is 0 Å². The second-order valence-electron chi connectivity index (χ2n) is 5.72. The minimum Gasteiger partial charge on any atom is -0.376 e. The van der Waals surface area contributed by atoms with Crippen molar-refractivity contribution < 1.29 is 9.53 Å². The summed E-state index contributed by atoms with van der Waals surface area (Å²) < 4.78 is 6.39. The Morgan fingerprint density at radius 1 is 1.42 bits per heavy atom. The van der Waals surface area contributed by atoms with E-state index in [-0.39, 0.29) is 12.0 Å². The van der Waals surface area contributed by atoms with E-state index >= 15 is 0 Å². The standard InChI is InChI=1S/C17H19BrN4O2/c1-11-4-5-14(13(18)9-11)21-16(23)15-6-7-19-17(22-15)20-10-12-3-2-8-24-12/h4-7,9,12H,2-3,8,10H2,1H3,(H,21,23)(H,19,20,22). The molecule has 1 aliphatic heterocycles. The number of halogens is 1. The van der Waals surface area contributed by atoms with Crippen LogP contribution in [0.5, 0.6) is 0 Å². The Balaban J connectivity index is 1.65. The number of nitrogens with one attached hydrogen (secondary N) is 2. The third-order valence-corrected chi connectivity index (χ3v) is 4.43. The van der Waals surface area contributed by atoms with Gasteiger partial charge in [-0.3, -0.25) is 4.79 Å². The Kier molecular flexibility index (Phi) is 5.42. The summed E-state index contributed by atoms with van der Waals surface area (Å²) in [6.07, 6.45) is 3.88. The molecule has 126 valence electrons. The van der Waals surface area contributed by atoms with Crippen LogP contribution in [0.1, 0.15) is 28.9 Å². The van der Waals surface area contributed by atoms with Crippen molar-refractivity contribution in [2.45, 2.75) is 25.9 Å². The lowest BCUT2D eigenvalue weighted by molar-refractivity contribution is 0.102. The number of nitrogens with zero attached hydrogens (tertiary/aromatic N) is 2. The van der Waals surface area contributed by atoms with E-state index in [1.165, 1.54) is 0 Å². The lowest BCUT2D eigenvalue weighted by Crippen LogP contribution is -2.21. The lowest BCUT2D eigenvalue weighted by atomic mass is 10.2. The Labute approximate surface area is 149 Å². The molecule has 1 unspecified atom stereocenters. The van der Waals surface area contributed by atoms with Gasteiger partial charge >= 0.3 is 0 Å². The minimum atomic E-state index is -0.276. The number of hydrogen-bond donors (Lipinski definition) is 2. The smallest absolute Gasteiger partial charge is 0.274 e. The van der Waals surface area contributed by atoms with Crippen LogP contribution in [0.3, 0.4) is 0 Å². The van der Waals surface area contributed by atoms with Gasteiger partial charge in [-0.25, -0.2) is 9.97 Å². The predicted octanol–water partition coefficient (Wildman–Crippen LogP) is 3.39. The summed E-state index contributed by atoms with van der Waals surface area (Å²) in [5.74, 6) is 0.156. The maximum atomic E-state index is 12.4. The molecule has 2 aromatic rings. The molecule has 2 N–H and O–H groups in total. The first-order valence-corrected chi connectivity index (χ1v) is 8.67. The molecule has 1 saturated heterocycles. The van der Waals surface area contributed by atoms with Crippen molar-refractivity contribution in [1.29, 1.82) is 0 Å². The van der Waals surface area contributed by atoms with Gasteiger partial charge in [0.1, 0.15) is 5.69 Å². The summed E-state index contributed by atoms with van der Waals surface area (Å²) >= 11 is 3.45. The molecule has 6 nitrogen and oxygen atoms in total. The average molecular weight is 391 g/mol. The minimum absolute atomic E-state index is 0.189. The second-order valence-corrected chi connectivity index (χ2v) is 6.57. The van der Waals surface area contributed by atoms with Crippen LogP contribution in [0.2, 0.25) is 0 Å². The highest BCUT2D eigenvalue weighted by Gasteiger charge is 2.16. The zero-order valence-electron chi connectivity index (χ0n) is 13.4. The number of anilines is 2. The molecule has 1 fully saturated rings. The van der Waals surface area contributed by atoms with E-state index in [0.717, 1.165) is 29.5 Å². The fourth-order valence-corrected chi connectivity index (χ4v) is 3.08. The molecule has 1 aromatic carbocycles. The van der Waals surface area contributed by atoms with Crippen molar-refractivity contribution >= 4 is 33.5 Å². The highest BCUT2D eigenvalue weighted by Crippen LogP contribution is 2.23. The van der Waals surface area contributed by atoms with Crippen molar-refractivity contribution in [3.63, 3.8) is 0 Å². The molecule has 0 radical (unpaired) electrons. The van der Waals surface area contributed by atoms with E-state index in [1.54, 1.807) is 12.3 Å². The fraction of sp³-hybridized carbons (Fsp3) is 0.353. The molecule has 3 rings (SSSR count). The number of rotatable bonds is 5. The van der Waals surface area contributed by atoms with Crippen LogP contribution in [-0.2, 0) is 4.74 Å². The molecule has 0 aliphatic carbocycles. The first-order chi connectivity index (χ1) is 11.6. The monoisotopic (exact) mass is 390 g/mol. The largest absolute Gasteiger partial charge is 0.376 e. The number of hydrogen-bond acceptors (Lipinski definition) is 5. The SMILES string of the molecule is Cc1ccc(NC(=O)c2ccnc(NCC3CCCO3)n2)c(Br)c1. The van der Waals surface area contributed by atoms with Crippen molar-refractivity contribution in [1.82, 2.24) is 9.97 Å². The molecule has 1 atom stereocenters. The number of benzene rings is 1. The number of carbonyl (C=O) groups is 1. The van der Waals surface area contributed by atoms with E-state index < -0.39 is 0 Å². The van der Waals surface area contributed by atoms with Gasteiger partial charge in [0.2, 0.25) is 5.95 Å². The molecule has 0 saturated carbocycles. The van der Waals surface area contributed by atoms with Crippen LogP contribution in [0.25, 0.3) is 0 Å². The van der Waals surface area contributed by atoms with Crippen LogP contribution in [-0.4, -0.2) is 35.1 Å². The third-order valence-electron chi connectivity index (χ3n) is 3.77. The highest BCUT2D eigenvalue weighted by molar-refractivity contribution is 9.10. The fourth-order valence-electron chi connectivity index (χ4n) is 2.49. The van der Waals surface area contributed by atoms with E-state index in [9.17, 15) is 4.79 Å². The number of ether oxygens (including phenoxy) is 1. The summed E-state index contributed by atoms with van der Waals surface area (Å²) in [5.41, 5.74) is 2.13. The topological polar surface area (TPSA) is 76.1 Å². The van der Waals surface area contributed by atoms with Crippen LogP contribution in [0.15, 0.2) is 34.9 Å². The highest BCUT2D eigenvalue weighted by atomic mass is 79.9. The Hall–Kier alpha value is -1.99. The summed E-state index contributed by atoms with van der Waals surface area (Å²) in [6.45, 7) is 3.45. The number of aromatic nitrogens is 2.